The van der Waals surface area contributed by atoms with Gasteiger partial charge in [-0.3, -0.25) is 9.36 Å². The van der Waals surface area contributed by atoms with Crippen molar-refractivity contribution in [1.29, 1.82) is 0 Å². The average Bonchev–Trinajstić information content (AvgIpc) is 3.62. The van der Waals surface area contributed by atoms with Gasteiger partial charge in [-0.15, -0.1) is 10.2 Å². The van der Waals surface area contributed by atoms with E-state index in [0.29, 0.717) is 22.5 Å². The smallest absolute Gasteiger partial charge is 0.230 e. The number of nitrogens with zero attached hydrogens (tertiary/aromatic N) is 3. The number of H-pyrrole nitrogens is 1. The molecule has 9 heteroatoms. The summed E-state index contributed by atoms with van der Waals surface area (Å²) in [6.07, 6.45) is 6.39. The fraction of sp³-hybridized carbons (Fsp3) is 0.320. The summed E-state index contributed by atoms with van der Waals surface area (Å²) in [7, 11) is 3.25. The van der Waals surface area contributed by atoms with Gasteiger partial charge in [-0.05, 0) is 31.0 Å². The van der Waals surface area contributed by atoms with Crippen molar-refractivity contribution in [2.75, 3.05) is 20.0 Å². The van der Waals surface area contributed by atoms with Crippen LogP contribution in [0.1, 0.15) is 25.7 Å². The Morgan fingerprint density at radius 1 is 1.15 bits per heavy atom. The number of hydrogen-bond donors (Lipinski definition) is 2. The number of hydrogen-bond acceptors (Lipinski definition) is 6. The van der Waals surface area contributed by atoms with Gasteiger partial charge in [-0.1, -0.05) is 42.8 Å². The molecule has 2 aromatic carbocycles. The molecule has 1 aliphatic rings. The van der Waals surface area contributed by atoms with E-state index in [9.17, 15) is 4.79 Å². The highest BCUT2D eigenvalue weighted by atomic mass is 32.2. The van der Waals surface area contributed by atoms with Crippen LogP contribution in [0.3, 0.4) is 0 Å². The van der Waals surface area contributed by atoms with E-state index in [1.54, 1.807) is 14.2 Å². The van der Waals surface area contributed by atoms with E-state index in [-0.39, 0.29) is 17.7 Å². The van der Waals surface area contributed by atoms with Gasteiger partial charge in [0.2, 0.25) is 5.91 Å². The number of amides is 1. The highest BCUT2D eigenvalue weighted by molar-refractivity contribution is 7.99. The number of carbonyl (C=O) groups excluding carboxylic acids is 1. The first-order valence-corrected chi connectivity index (χ1v) is 12.3. The zero-order valence-corrected chi connectivity index (χ0v) is 20.0. The van der Waals surface area contributed by atoms with E-state index >= 15 is 0 Å². The quantitative estimate of drug-likeness (QED) is 0.361. The van der Waals surface area contributed by atoms with Crippen molar-refractivity contribution in [2.24, 2.45) is 0 Å². The molecule has 0 saturated heterocycles. The molecule has 4 aromatic rings. The molecule has 1 aliphatic carbocycles. The van der Waals surface area contributed by atoms with Crippen LogP contribution in [0.4, 0.5) is 0 Å². The van der Waals surface area contributed by atoms with Crippen LogP contribution < -0.4 is 14.8 Å². The van der Waals surface area contributed by atoms with E-state index < -0.39 is 0 Å². The molecule has 2 aromatic heterocycles. The number of rotatable bonds is 8. The lowest BCUT2D eigenvalue weighted by atomic mass is 10.1. The Morgan fingerprint density at radius 2 is 1.97 bits per heavy atom. The van der Waals surface area contributed by atoms with Crippen molar-refractivity contribution in [2.45, 2.75) is 36.9 Å². The first-order chi connectivity index (χ1) is 16.7. The number of thioether (sulfide) groups is 1. The molecule has 0 bridgehead atoms. The van der Waals surface area contributed by atoms with Crippen molar-refractivity contribution < 1.29 is 14.3 Å². The number of carbonyl (C=O) groups is 1. The molecule has 1 saturated carbocycles. The SMILES string of the molecule is COc1ccc(OC)c(-n2c(SCC(=O)NC3CCCC3)nnc2-c2c[nH]c3ccccc23)c1. The fourth-order valence-electron chi connectivity index (χ4n) is 4.45. The highest BCUT2D eigenvalue weighted by Crippen LogP contribution is 2.37. The topological polar surface area (TPSA) is 94.1 Å². The summed E-state index contributed by atoms with van der Waals surface area (Å²) in [4.78, 5) is 15.9. The van der Waals surface area contributed by atoms with Gasteiger partial charge in [0.25, 0.3) is 0 Å². The van der Waals surface area contributed by atoms with Gasteiger partial charge >= 0.3 is 0 Å². The van der Waals surface area contributed by atoms with Crippen molar-refractivity contribution >= 4 is 28.6 Å². The summed E-state index contributed by atoms with van der Waals surface area (Å²) in [5, 5.41) is 13.8. The molecule has 0 aliphatic heterocycles. The Labute approximate surface area is 202 Å². The van der Waals surface area contributed by atoms with Gasteiger partial charge in [0, 0.05) is 34.8 Å². The molecule has 0 unspecified atom stereocenters. The lowest BCUT2D eigenvalue weighted by Crippen LogP contribution is -2.33. The first kappa shape index (κ1) is 22.3. The van der Waals surface area contributed by atoms with E-state index in [1.165, 1.54) is 24.6 Å². The zero-order valence-electron chi connectivity index (χ0n) is 19.2. The molecule has 34 heavy (non-hydrogen) atoms. The Hall–Kier alpha value is -3.46. The van der Waals surface area contributed by atoms with Crippen LogP contribution in [0.5, 0.6) is 11.5 Å². The van der Waals surface area contributed by atoms with Gasteiger partial charge < -0.3 is 19.8 Å². The Kier molecular flexibility index (Phi) is 6.44. The molecule has 176 valence electrons. The number of nitrogens with one attached hydrogen (secondary N) is 2. The number of aromatic amines is 1. The van der Waals surface area contributed by atoms with Crippen LogP contribution in [-0.4, -0.2) is 51.7 Å². The number of methoxy groups -OCH3 is 2. The minimum Gasteiger partial charge on any atom is -0.497 e. The lowest BCUT2D eigenvalue weighted by Gasteiger charge is -2.15. The third-order valence-corrected chi connectivity index (χ3v) is 7.07. The predicted molar refractivity (Wildman–Crippen MR) is 133 cm³/mol. The maximum absolute atomic E-state index is 12.6. The Bertz CT molecular complexity index is 1310. The summed E-state index contributed by atoms with van der Waals surface area (Å²) in [6, 6.07) is 13.9. The molecule has 0 radical (unpaired) electrons. The zero-order chi connectivity index (χ0) is 23.5. The number of fused-ring (bicyclic) bond motifs is 1. The molecule has 2 N–H and O–H groups in total. The average molecular weight is 478 g/mol. The van der Waals surface area contributed by atoms with E-state index in [1.807, 2.05) is 53.2 Å². The molecule has 1 amide bonds. The van der Waals surface area contributed by atoms with Crippen molar-refractivity contribution in [1.82, 2.24) is 25.1 Å². The third kappa shape index (κ3) is 4.35. The summed E-state index contributed by atoms with van der Waals surface area (Å²) in [6.45, 7) is 0. The van der Waals surface area contributed by atoms with Gasteiger partial charge in [-0.25, -0.2) is 0 Å². The first-order valence-electron chi connectivity index (χ1n) is 11.3. The van der Waals surface area contributed by atoms with Gasteiger partial charge in [0.05, 0.1) is 25.7 Å². The molecule has 0 atom stereocenters. The minimum absolute atomic E-state index is 0.0118. The molecule has 2 heterocycles. The second-order valence-electron chi connectivity index (χ2n) is 8.26. The van der Waals surface area contributed by atoms with Crippen molar-refractivity contribution in [3.8, 4) is 28.6 Å². The summed E-state index contributed by atoms with van der Waals surface area (Å²) in [5.74, 6) is 2.26. The van der Waals surface area contributed by atoms with E-state index in [4.69, 9.17) is 9.47 Å². The van der Waals surface area contributed by atoms with Crippen molar-refractivity contribution in [3.63, 3.8) is 0 Å². The van der Waals surface area contributed by atoms with Crippen LogP contribution in [0.25, 0.3) is 28.0 Å². The molecular formula is C25H27N5O3S. The highest BCUT2D eigenvalue weighted by Gasteiger charge is 2.23. The molecule has 8 nitrogen and oxygen atoms in total. The van der Waals surface area contributed by atoms with Crippen LogP contribution in [-0.2, 0) is 4.79 Å². The van der Waals surface area contributed by atoms with E-state index in [2.05, 4.69) is 20.5 Å². The number of para-hydroxylation sites is 1. The summed E-state index contributed by atoms with van der Waals surface area (Å²) < 4.78 is 13.1. The second kappa shape index (κ2) is 9.80. The maximum atomic E-state index is 12.6. The second-order valence-corrected chi connectivity index (χ2v) is 9.21. The Morgan fingerprint density at radius 3 is 2.76 bits per heavy atom. The van der Waals surface area contributed by atoms with Gasteiger partial charge in [0.1, 0.15) is 11.5 Å². The Balaban J connectivity index is 1.55. The summed E-state index contributed by atoms with van der Waals surface area (Å²) in [5.41, 5.74) is 2.66. The minimum atomic E-state index is 0.0118. The number of ether oxygens (including phenoxy) is 2. The molecule has 1 fully saturated rings. The molecular weight excluding hydrogens is 450 g/mol. The lowest BCUT2D eigenvalue weighted by molar-refractivity contribution is -0.119. The number of benzene rings is 2. The van der Waals surface area contributed by atoms with Crippen LogP contribution in [0.2, 0.25) is 0 Å². The molecule has 5 rings (SSSR count). The third-order valence-electron chi connectivity index (χ3n) is 6.14. The van der Waals surface area contributed by atoms with Crippen molar-refractivity contribution in [3.05, 3.63) is 48.7 Å². The number of aromatic nitrogens is 4. The normalized spacial score (nSPS) is 13.9. The fourth-order valence-corrected chi connectivity index (χ4v) is 5.21. The summed E-state index contributed by atoms with van der Waals surface area (Å²) >= 11 is 1.36. The maximum Gasteiger partial charge on any atom is 0.230 e. The molecule has 0 spiro atoms. The van der Waals surface area contributed by atoms with Crippen LogP contribution >= 0.6 is 11.8 Å². The monoisotopic (exact) mass is 477 g/mol. The van der Waals surface area contributed by atoms with Crippen LogP contribution in [0.15, 0.2) is 53.8 Å². The van der Waals surface area contributed by atoms with E-state index in [0.717, 1.165) is 35.0 Å². The van der Waals surface area contributed by atoms with Gasteiger partial charge in [-0.2, -0.15) is 0 Å². The standard InChI is InChI=1S/C25H27N5O3S/c1-32-17-11-12-22(33-2)21(13-17)30-24(19-14-26-20-10-6-5-9-18(19)20)28-29-25(30)34-15-23(31)27-16-7-3-4-8-16/h5-6,9-14,16,26H,3-4,7-8,15H2,1-2H3,(H,27,31). The van der Waals surface area contributed by atoms with Crippen LogP contribution in [0, 0.1) is 0 Å². The van der Waals surface area contributed by atoms with Gasteiger partial charge in [0.15, 0.2) is 11.0 Å². The largest absolute Gasteiger partial charge is 0.497 e. The predicted octanol–water partition coefficient (Wildman–Crippen LogP) is 4.58.